The molecule has 10 nitrogen and oxygen atoms in total. The number of fused-ring (bicyclic) bond motifs is 2. The van der Waals surface area contributed by atoms with Gasteiger partial charge >= 0.3 is 11.4 Å². The first-order valence-electron chi connectivity index (χ1n) is 12.3. The van der Waals surface area contributed by atoms with Crippen molar-refractivity contribution in [2.24, 2.45) is 0 Å². The second-order valence-electron chi connectivity index (χ2n) is 9.11. The Morgan fingerprint density at radius 3 is 1.98 bits per heavy atom. The van der Waals surface area contributed by atoms with Crippen molar-refractivity contribution in [3.05, 3.63) is 122 Å². The molecule has 1 amide bonds. The number of hydrogen-bond donors (Lipinski definition) is 1. The number of anilines is 4. The van der Waals surface area contributed by atoms with Gasteiger partial charge in [0, 0.05) is 32.9 Å². The Labute approximate surface area is 241 Å². The quantitative estimate of drug-likeness (QED) is 0.157. The van der Waals surface area contributed by atoms with Crippen LogP contribution in [-0.4, -0.2) is 20.7 Å². The Hall–Kier alpha value is -5.07. The molecule has 4 aromatic carbocycles. The van der Waals surface area contributed by atoms with Gasteiger partial charge in [-0.2, -0.15) is 0 Å². The molecule has 1 aliphatic heterocycles. The molecule has 0 aliphatic carbocycles. The summed E-state index contributed by atoms with van der Waals surface area (Å²) in [5.41, 5.74) is 1.95. The monoisotopic (exact) mass is 581 g/mol. The number of aromatic nitrogens is 1. The molecular formula is C29H19N5O5S2. The van der Waals surface area contributed by atoms with Crippen molar-refractivity contribution >= 4 is 62.6 Å². The molecule has 1 N–H and O–H groups in total. The molecule has 202 valence electrons. The van der Waals surface area contributed by atoms with Crippen LogP contribution in [0.3, 0.4) is 0 Å². The minimum absolute atomic E-state index is 0.190. The summed E-state index contributed by atoms with van der Waals surface area (Å²) in [5.74, 6) is -0.626. The second kappa shape index (κ2) is 10.5. The zero-order chi connectivity index (χ0) is 28.7. The van der Waals surface area contributed by atoms with Crippen LogP contribution in [0.25, 0.3) is 11.3 Å². The highest BCUT2D eigenvalue weighted by Crippen LogP contribution is 2.49. The highest BCUT2D eigenvalue weighted by Gasteiger charge is 2.34. The van der Waals surface area contributed by atoms with E-state index in [1.54, 1.807) is 29.6 Å². The molecule has 0 fully saturated rings. The number of amides is 1. The van der Waals surface area contributed by atoms with Crippen molar-refractivity contribution in [3.63, 3.8) is 0 Å². The van der Waals surface area contributed by atoms with E-state index in [0.717, 1.165) is 44.4 Å². The van der Waals surface area contributed by atoms with Crippen molar-refractivity contribution in [2.75, 3.05) is 10.2 Å². The number of nitrogens with one attached hydrogen (secondary N) is 1. The third kappa shape index (κ3) is 4.90. The van der Waals surface area contributed by atoms with E-state index >= 15 is 0 Å². The maximum Gasteiger partial charge on any atom is 0.300 e. The highest BCUT2D eigenvalue weighted by atomic mass is 32.2. The lowest BCUT2D eigenvalue weighted by atomic mass is 10.1. The van der Waals surface area contributed by atoms with E-state index in [-0.39, 0.29) is 16.4 Å². The van der Waals surface area contributed by atoms with Gasteiger partial charge in [0.05, 0.1) is 32.5 Å². The van der Waals surface area contributed by atoms with Gasteiger partial charge in [-0.25, -0.2) is 4.98 Å². The predicted molar refractivity (Wildman–Crippen MR) is 159 cm³/mol. The number of para-hydroxylation sites is 2. The number of rotatable bonds is 6. The standard InChI is InChI=1S/C29H19N5O5S2/c1-17-10-12-18(13-11-17)20-16-40-29(30-20)31-27-23(33(36)37)14-19(15-24(27)34(38)39)28(35)32-21-6-2-4-8-25(21)41-26-9-5-3-7-22(26)32/h2-16H,1H3,(H,30,31). The maximum atomic E-state index is 14.0. The van der Waals surface area contributed by atoms with Gasteiger partial charge in [0.1, 0.15) is 0 Å². The molecule has 0 atom stereocenters. The molecule has 5 aromatic rings. The first kappa shape index (κ1) is 26.2. The summed E-state index contributed by atoms with van der Waals surface area (Å²) in [5, 5.41) is 29.2. The maximum absolute atomic E-state index is 14.0. The number of aryl methyl sites for hydroxylation is 1. The SMILES string of the molecule is Cc1ccc(-c2csc(Nc3c([N+](=O)[O-])cc(C(=O)N4c5ccccc5Sc5ccccc54)cc3[N+](=O)[O-])n2)cc1. The van der Waals surface area contributed by atoms with Crippen LogP contribution >= 0.6 is 23.1 Å². The predicted octanol–water partition coefficient (Wildman–Crippen LogP) is 8.12. The normalized spacial score (nSPS) is 11.9. The fourth-order valence-electron chi connectivity index (χ4n) is 4.50. The van der Waals surface area contributed by atoms with Crippen molar-refractivity contribution < 1.29 is 14.6 Å². The van der Waals surface area contributed by atoms with Crippen molar-refractivity contribution in [1.29, 1.82) is 0 Å². The molecule has 41 heavy (non-hydrogen) atoms. The average molecular weight is 582 g/mol. The molecule has 0 saturated heterocycles. The van der Waals surface area contributed by atoms with Gasteiger partial charge in [0.15, 0.2) is 10.8 Å². The van der Waals surface area contributed by atoms with Gasteiger partial charge in [0.25, 0.3) is 5.91 Å². The summed E-state index contributed by atoms with van der Waals surface area (Å²) in [4.78, 5) is 44.4. The zero-order valence-corrected chi connectivity index (χ0v) is 22.9. The van der Waals surface area contributed by atoms with Gasteiger partial charge in [-0.15, -0.1) is 11.3 Å². The van der Waals surface area contributed by atoms with E-state index in [9.17, 15) is 25.0 Å². The lowest BCUT2D eigenvalue weighted by Gasteiger charge is -2.31. The van der Waals surface area contributed by atoms with Crippen LogP contribution in [0.2, 0.25) is 0 Å². The van der Waals surface area contributed by atoms with Crippen LogP contribution in [0, 0.1) is 27.2 Å². The number of carbonyl (C=O) groups excluding carboxylic acids is 1. The Kier molecular flexibility index (Phi) is 6.69. The first-order valence-corrected chi connectivity index (χ1v) is 14.0. The van der Waals surface area contributed by atoms with Crippen molar-refractivity contribution in [2.45, 2.75) is 16.7 Å². The van der Waals surface area contributed by atoms with Crippen LogP contribution in [0.1, 0.15) is 15.9 Å². The van der Waals surface area contributed by atoms with E-state index in [1.807, 2.05) is 55.5 Å². The molecular weight excluding hydrogens is 562 g/mol. The number of nitro groups is 2. The van der Waals surface area contributed by atoms with Crippen LogP contribution in [0.4, 0.5) is 33.6 Å². The molecule has 0 radical (unpaired) electrons. The van der Waals surface area contributed by atoms with Gasteiger partial charge in [-0.3, -0.25) is 29.9 Å². The Morgan fingerprint density at radius 1 is 0.854 bits per heavy atom. The van der Waals surface area contributed by atoms with E-state index in [0.29, 0.717) is 17.1 Å². The third-order valence-electron chi connectivity index (χ3n) is 6.46. The fraction of sp³-hybridized carbons (Fsp3) is 0.0345. The summed E-state index contributed by atoms with van der Waals surface area (Å²) in [7, 11) is 0. The third-order valence-corrected chi connectivity index (χ3v) is 8.34. The van der Waals surface area contributed by atoms with E-state index in [1.165, 1.54) is 16.7 Å². The van der Waals surface area contributed by atoms with Crippen LogP contribution in [0.5, 0.6) is 0 Å². The fourth-order valence-corrected chi connectivity index (χ4v) is 6.28. The average Bonchev–Trinajstić information content (AvgIpc) is 3.44. The summed E-state index contributed by atoms with van der Waals surface area (Å²) in [6.45, 7) is 1.96. The van der Waals surface area contributed by atoms with Crippen LogP contribution in [-0.2, 0) is 0 Å². The number of nitrogens with zero attached hydrogens (tertiary/aromatic N) is 4. The number of carbonyl (C=O) groups is 1. The van der Waals surface area contributed by atoms with Gasteiger partial charge in [-0.05, 0) is 31.2 Å². The van der Waals surface area contributed by atoms with Crippen molar-refractivity contribution in [3.8, 4) is 11.3 Å². The smallest absolute Gasteiger partial charge is 0.300 e. The second-order valence-corrected chi connectivity index (χ2v) is 11.1. The lowest BCUT2D eigenvalue weighted by Crippen LogP contribution is -2.28. The zero-order valence-electron chi connectivity index (χ0n) is 21.3. The Balaban J connectivity index is 1.42. The number of benzene rings is 4. The minimum Gasteiger partial charge on any atom is -0.320 e. The van der Waals surface area contributed by atoms with Crippen LogP contribution in [0.15, 0.2) is 100 Å². The number of hydrogen-bond acceptors (Lipinski definition) is 9. The molecule has 0 spiro atoms. The molecule has 2 heterocycles. The summed E-state index contributed by atoms with van der Waals surface area (Å²) < 4.78 is 0. The molecule has 0 saturated carbocycles. The Bertz CT molecular complexity index is 1770. The first-order chi connectivity index (χ1) is 19.8. The number of nitro benzene ring substituents is 2. The molecule has 1 aliphatic rings. The van der Waals surface area contributed by atoms with E-state index in [2.05, 4.69) is 10.3 Å². The summed E-state index contributed by atoms with van der Waals surface area (Å²) in [6, 6.07) is 24.3. The molecule has 0 bridgehead atoms. The van der Waals surface area contributed by atoms with Crippen LogP contribution < -0.4 is 10.2 Å². The highest BCUT2D eigenvalue weighted by molar-refractivity contribution is 7.99. The number of thiazole rings is 1. The van der Waals surface area contributed by atoms with Gasteiger partial charge in [0.2, 0.25) is 0 Å². The van der Waals surface area contributed by atoms with E-state index in [4.69, 9.17) is 0 Å². The molecule has 6 rings (SSSR count). The summed E-state index contributed by atoms with van der Waals surface area (Å²) in [6.07, 6.45) is 0. The van der Waals surface area contributed by atoms with E-state index < -0.39 is 27.1 Å². The molecule has 0 unspecified atom stereocenters. The minimum atomic E-state index is -0.742. The molecule has 12 heteroatoms. The lowest BCUT2D eigenvalue weighted by molar-refractivity contribution is -0.392. The largest absolute Gasteiger partial charge is 0.320 e. The molecule has 1 aromatic heterocycles. The van der Waals surface area contributed by atoms with Crippen molar-refractivity contribution in [1.82, 2.24) is 4.98 Å². The Morgan fingerprint density at radius 2 is 1.41 bits per heavy atom. The van der Waals surface area contributed by atoms with Gasteiger partial charge in [-0.1, -0.05) is 65.9 Å². The van der Waals surface area contributed by atoms with Gasteiger partial charge < -0.3 is 5.32 Å². The summed E-state index contributed by atoms with van der Waals surface area (Å²) >= 11 is 2.65. The topological polar surface area (TPSA) is 132 Å².